The number of hydrogen-bond acceptors (Lipinski definition) is 1. The number of halogens is 3. The zero-order valence-electron chi connectivity index (χ0n) is 7.37. The van der Waals surface area contributed by atoms with Crippen molar-refractivity contribution in [2.24, 2.45) is 0 Å². The smallest absolute Gasteiger partial charge is 0.126 e. The van der Waals surface area contributed by atoms with Crippen LogP contribution in [-0.4, -0.2) is 6.04 Å². The third kappa shape index (κ3) is 2.75. The van der Waals surface area contributed by atoms with Gasteiger partial charge in [-0.05, 0) is 26.0 Å². The molecule has 0 radical (unpaired) electrons. The number of rotatable bonds is 2. The molecule has 0 bridgehead atoms. The maximum Gasteiger partial charge on any atom is 0.126 e. The molecule has 1 aromatic carbocycles. The molecular weight excluding hydrogens is 212 g/mol. The van der Waals surface area contributed by atoms with Gasteiger partial charge in [-0.2, -0.15) is 0 Å². The first-order valence-corrected chi connectivity index (χ1v) is 4.67. The van der Waals surface area contributed by atoms with E-state index in [2.05, 4.69) is 5.32 Å². The van der Waals surface area contributed by atoms with Crippen molar-refractivity contribution >= 4 is 28.9 Å². The SMILES string of the molecule is CC(C)Nc1c(Cl)cc(F)cc1Cl. The van der Waals surface area contributed by atoms with E-state index in [1.54, 1.807) is 0 Å². The van der Waals surface area contributed by atoms with Gasteiger partial charge in [-0.25, -0.2) is 4.39 Å². The van der Waals surface area contributed by atoms with Crippen LogP contribution in [0, 0.1) is 5.82 Å². The van der Waals surface area contributed by atoms with E-state index in [-0.39, 0.29) is 6.04 Å². The third-order valence-electron chi connectivity index (χ3n) is 1.44. The summed E-state index contributed by atoms with van der Waals surface area (Å²) in [5.74, 6) is -0.427. The molecule has 0 fully saturated rings. The van der Waals surface area contributed by atoms with Crippen LogP contribution in [0.3, 0.4) is 0 Å². The van der Waals surface area contributed by atoms with Gasteiger partial charge in [-0.3, -0.25) is 0 Å². The Hall–Kier alpha value is -0.470. The van der Waals surface area contributed by atoms with E-state index in [1.165, 1.54) is 12.1 Å². The normalized spacial score (nSPS) is 10.6. The summed E-state index contributed by atoms with van der Waals surface area (Å²) in [5, 5.41) is 3.65. The average Bonchev–Trinajstić information content (AvgIpc) is 1.96. The molecule has 4 heteroatoms. The second kappa shape index (κ2) is 4.16. The Kier molecular flexibility index (Phi) is 3.40. The van der Waals surface area contributed by atoms with Crippen LogP contribution >= 0.6 is 23.2 Å². The summed E-state index contributed by atoms with van der Waals surface area (Å²) in [4.78, 5) is 0. The molecule has 13 heavy (non-hydrogen) atoms. The quantitative estimate of drug-likeness (QED) is 0.798. The lowest BCUT2D eigenvalue weighted by molar-refractivity contribution is 0.628. The predicted molar refractivity (Wildman–Crippen MR) is 55.2 cm³/mol. The standard InChI is InChI=1S/C9H10Cl2FN/c1-5(2)13-9-7(10)3-6(12)4-8(9)11/h3-5,13H,1-2H3. The molecular formula is C9H10Cl2FN. The summed E-state index contributed by atoms with van der Waals surface area (Å²) >= 11 is 11.6. The van der Waals surface area contributed by atoms with Crippen LogP contribution in [0.5, 0.6) is 0 Å². The highest BCUT2D eigenvalue weighted by Crippen LogP contribution is 2.31. The van der Waals surface area contributed by atoms with Crippen LogP contribution in [0.15, 0.2) is 12.1 Å². The molecule has 0 aromatic heterocycles. The molecule has 0 spiro atoms. The lowest BCUT2D eigenvalue weighted by atomic mass is 10.2. The van der Waals surface area contributed by atoms with E-state index >= 15 is 0 Å². The van der Waals surface area contributed by atoms with Gasteiger partial charge in [0.1, 0.15) is 5.82 Å². The van der Waals surface area contributed by atoms with E-state index in [1.807, 2.05) is 13.8 Å². The number of anilines is 1. The van der Waals surface area contributed by atoms with E-state index in [0.717, 1.165) is 0 Å². The fraction of sp³-hybridized carbons (Fsp3) is 0.333. The minimum Gasteiger partial charge on any atom is -0.380 e. The summed E-state index contributed by atoms with van der Waals surface area (Å²) in [5.41, 5.74) is 0.583. The van der Waals surface area contributed by atoms with Crippen LogP contribution in [0.25, 0.3) is 0 Å². The van der Waals surface area contributed by atoms with Gasteiger partial charge in [0.2, 0.25) is 0 Å². The fourth-order valence-electron chi connectivity index (χ4n) is 0.969. The lowest BCUT2D eigenvalue weighted by Gasteiger charge is -2.13. The molecule has 0 atom stereocenters. The zero-order chi connectivity index (χ0) is 10.0. The number of benzene rings is 1. The summed E-state index contributed by atoms with van der Waals surface area (Å²) in [7, 11) is 0. The van der Waals surface area contributed by atoms with Gasteiger partial charge in [0.05, 0.1) is 15.7 Å². The molecule has 0 amide bonds. The highest BCUT2D eigenvalue weighted by Gasteiger charge is 2.08. The Bertz CT molecular complexity index is 289. The first kappa shape index (κ1) is 10.6. The van der Waals surface area contributed by atoms with Gasteiger partial charge in [0.15, 0.2) is 0 Å². The topological polar surface area (TPSA) is 12.0 Å². The van der Waals surface area contributed by atoms with Gasteiger partial charge < -0.3 is 5.32 Å². The van der Waals surface area contributed by atoms with Crippen molar-refractivity contribution in [1.82, 2.24) is 0 Å². The monoisotopic (exact) mass is 221 g/mol. The second-order valence-electron chi connectivity index (χ2n) is 3.04. The van der Waals surface area contributed by atoms with E-state index in [9.17, 15) is 4.39 Å². The largest absolute Gasteiger partial charge is 0.380 e. The van der Waals surface area contributed by atoms with Crippen molar-refractivity contribution in [1.29, 1.82) is 0 Å². The zero-order valence-corrected chi connectivity index (χ0v) is 8.88. The van der Waals surface area contributed by atoms with Gasteiger partial charge >= 0.3 is 0 Å². The summed E-state index contributed by atoms with van der Waals surface area (Å²) in [6.07, 6.45) is 0. The van der Waals surface area contributed by atoms with E-state index in [4.69, 9.17) is 23.2 Å². The Morgan fingerprint density at radius 1 is 1.23 bits per heavy atom. The molecule has 0 aliphatic heterocycles. The van der Waals surface area contributed by atoms with E-state index in [0.29, 0.717) is 15.7 Å². The molecule has 0 aliphatic carbocycles. The number of hydrogen-bond donors (Lipinski definition) is 1. The minimum absolute atomic E-state index is 0.209. The molecule has 0 saturated heterocycles. The second-order valence-corrected chi connectivity index (χ2v) is 3.86. The van der Waals surface area contributed by atoms with Gasteiger partial charge in [0, 0.05) is 6.04 Å². The van der Waals surface area contributed by atoms with Crippen molar-refractivity contribution in [3.05, 3.63) is 28.0 Å². The Morgan fingerprint density at radius 3 is 2.08 bits per heavy atom. The first-order valence-electron chi connectivity index (χ1n) is 3.92. The third-order valence-corrected chi connectivity index (χ3v) is 2.04. The summed E-state index contributed by atoms with van der Waals surface area (Å²) < 4.78 is 12.7. The minimum atomic E-state index is -0.427. The van der Waals surface area contributed by atoms with Crippen LogP contribution in [0.4, 0.5) is 10.1 Å². The van der Waals surface area contributed by atoms with Gasteiger partial charge in [-0.1, -0.05) is 23.2 Å². The Morgan fingerprint density at radius 2 is 1.69 bits per heavy atom. The highest BCUT2D eigenvalue weighted by atomic mass is 35.5. The first-order chi connectivity index (χ1) is 6.00. The van der Waals surface area contributed by atoms with Gasteiger partial charge in [0.25, 0.3) is 0 Å². The van der Waals surface area contributed by atoms with Crippen LogP contribution < -0.4 is 5.32 Å². The predicted octanol–water partition coefficient (Wildman–Crippen LogP) is 3.95. The number of nitrogens with one attached hydrogen (secondary N) is 1. The van der Waals surface area contributed by atoms with Crippen LogP contribution in [0.2, 0.25) is 10.0 Å². The maximum atomic E-state index is 12.7. The van der Waals surface area contributed by atoms with Crippen LogP contribution in [0.1, 0.15) is 13.8 Å². The van der Waals surface area contributed by atoms with Crippen molar-refractivity contribution < 1.29 is 4.39 Å². The van der Waals surface area contributed by atoms with Crippen molar-refractivity contribution in [3.8, 4) is 0 Å². The van der Waals surface area contributed by atoms with Crippen molar-refractivity contribution in [3.63, 3.8) is 0 Å². The Balaban J connectivity index is 3.06. The molecule has 1 aromatic rings. The molecule has 1 nitrogen and oxygen atoms in total. The van der Waals surface area contributed by atoms with E-state index < -0.39 is 5.82 Å². The molecule has 0 unspecified atom stereocenters. The molecule has 0 aliphatic rings. The van der Waals surface area contributed by atoms with Gasteiger partial charge in [-0.15, -0.1) is 0 Å². The van der Waals surface area contributed by atoms with Crippen molar-refractivity contribution in [2.45, 2.75) is 19.9 Å². The van der Waals surface area contributed by atoms with Crippen molar-refractivity contribution in [2.75, 3.05) is 5.32 Å². The molecule has 1 N–H and O–H groups in total. The Labute approximate surface area is 86.8 Å². The maximum absolute atomic E-state index is 12.7. The molecule has 1 rings (SSSR count). The highest BCUT2D eigenvalue weighted by molar-refractivity contribution is 6.39. The molecule has 0 heterocycles. The van der Waals surface area contributed by atoms with Crippen LogP contribution in [-0.2, 0) is 0 Å². The molecule has 0 saturated carbocycles. The lowest BCUT2D eigenvalue weighted by Crippen LogP contribution is -2.10. The average molecular weight is 222 g/mol. The summed E-state index contributed by atoms with van der Waals surface area (Å²) in [6.45, 7) is 3.91. The summed E-state index contributed by atoms with van der Waals surface area (Å²) in [6, 6.07) is 2.68. The fourth-order valence-corrected chi connectivity index (χ4v) is 1.54. The molecule has 72 valence electrons.